The molecule has 0 radical (unpaired) electrons. The summed E-state index contributed by atoms with van der Waals surface area (Å²) in [5, 5.41) is 5.61. The Morgan fingerprint density at radius 3 is 2.77 bits per heavy atom. The number of aromatic nitrogens is 1. The molecule has 1 aliphatic rings. The molecule has 1 N–H and O–H groups in total. The molecule has 22 heavy (non-hydrogen) atoms. The monoisotopic (exact) mass is 380 g/mol. The van der Waals surface area contributed by atoms with Crippen LogP contribution in [0.4, 0.5) is 0 Å². The first-order valence-corrected chi connectivity index (χ1v) is 8.63. The number of rotatable bonds is 2. The van der Waals surface area contributed by atoms with E-state index in [0.717, 1.165) is 15.4 Å². The van der Waals surface area contributed by atoms with Crippen molar-refractivity contribution in [3.63, 3.8) is 0 Å². The number of allylic oxidation sites excluding steroid dienone is 1. The number of nitrogens with one attached hydrogen (secondary N) is 1. The molecule has 2 heterocycles. The fraction of sp³-hybridized carbons (Fsp3) is 0.250. The highest BCUT2D eigenvalue weighted by Crippen LogP contribution is 2.24. The number of halogens is 1. The fourth-order valence-electron chi connectivity index (χ4n) is 1.92. The maximum Gasteiger partial charge on any atom is 0.256 e. The third kappa shape index (κ3) is 4.24. The molecule has 1 amide bonds. The molecule has 116 valence electrons. The molecule has 4 nitrogen and oxygen atoms in total. The van der Waals surface area contributed by atoms with Crippen molar-refractivity contribution in [1.82, 2.24) is 10.3 Å². The predicted molar refractivity (Wildman–Crippen MR) is 95.6 cm³/mol. The molecular weight excluding hydrogens is 364 g/mol. The zero-order chi connectivity index (χ0) is 15.9. The van der Waals surface area contributed by atoms with Gasteiger partial charge in [-0.25, -0.2) is 4.98 Å². The minimum atomic E-state index is -0.209. The predicted octanol–water partition coefficient (Wildman–Crippen LogP) is 4.00. The standard InChI is InChI=1S/C12H11BrN2O2.C4H6S/c1-14-11(16)9-5-7-3-4-8(13)6-10(7)15-12(9)17-2;1-2-4-5-3-1/h3-6H,1-2H3,(H,14,16);1,3H,2,4H2. The number of hydrogen-bond donors (Lipinski definition) is 1. The molecule has 2 aromatic rings. The van der Waals surface area contributed by atoms with Crippen molar-refractivity contribution in [3.05, 3.63) is 45.8 Å². The molecular formula is C16H17BrN2O2S. The van der Waals surface area contributed by atoms with E-state index >= 15 is 0 Å². The van der Waals surface area contributed by atoms with Gasteiger partial charge >= 0.3 is 0 Å². The number of carbonyl (C=O) groups excluding carboxylic acids is 1. The molecule has 1 aliphatic heterocycles. The van der Waals surface area contributed by atoms with E-state index < -0.39 is 0 Å². The van der Waals surface area contributed by atoms with Crippen LogP contribution in [0.2, 0.25) is 0 Å². The van der Waals surface area contributed by atoms with Gasteiger partial charge in [0.2, 0.25) is 5.88 Å². The van der Waals surface area contributed by atoms with Gasteiger partial charge < -0.3 is 10.1 Å². The highest BCUT2D eigenvalue weighted by molar-refractivity contribution is 9.10. The van der Waals surface area contributed by atoms with Crippen LogP contribution < -0.4 is 10.1 Å². The molecule has 0 spiro atoms. The molecule has 0 saturated carbocycles. The molecule has 0 unspecified atom stereocenters. The van der Waals surface area contributed by atoms with Crippen LogP contribution in [0.3, 0.4) is 0 Å². The van der Waals surface area contributed by atoms with E-state index in [4.69, 9.17) is 4.74 Å². The maximum absolute atomic E-state index is 11.7. The van der Waals surface area contributed by atoms with Gasteiger partial charge in [-0.05, 0) is 30.0 Å². The second kappa shape index (κ2) is 8.19. The number of carbonyl (C=O) groups is 1. The van der Waals surface area contributed by atoms with Crippen molar-refractivity contribution in [2.75, 3.05) is 19.9 Å². The Hall–Kier alpha value is -1.53. The lowest BCUT2D eigenvalue weighted by atomic mass is 10.1. The summed E-state index contributed by atoms with van der Waals surface area (Å²) in [5.41, 5.74) is 1.22. The minimum Gasteiger partial charge on any atom is -0.480 e. The van der Waals surface area contributed by atoms with E-state index in [-0.39, 0.29) is 5.91 Å². The van der Waals surface area contributed by atoms with E-state index in [1.165, 1.54) is 19.3 Å². The van der Waals surface area contributed by atoms with Crippen molar-refractivity contribution >= 4 is 44.5 Å². The lowest BCUT2D eigenvalue weighted by molar-refractivity contribution is 0.0959. The zero-order valence-corrected chi connectivity index (χ0v) is 14.8. The second-order valence-electron chi connectivity index (χ2n) is 4.49. The summed E-state index contributed by atoms with van der Waals surface area (Å²) in [6.07, 6.45) is 3.48. The molecule has 0 aliphatic carbocycles. The number of benzene rings is 1. The Bertz CT molecular complexity index is 698. The number of ether oxygens (including phenoxy) is 1. The summed E-state index contributed by atoms with van der Waals surface area (Å²) in [4.78, 5) is 16.0. The van der Waals surface area contributed by atoms with Gasteiger partial charge in [0.25, 0.3) is 5.91 Å². The lowest BCUT2D eigenvalue weighted by Crippen LogP contribution is -2.19. The smallest absolute Gasteiger partial charge is 0.256 e. The first kappa shape index (κ1) is 16.8. The summed E-state index contributed by atoms with van der Waals surface area (Å²) in [6.45, 7) is 0. The summed E-state index contributed by atoms with van der Waals surface area (Å²) in [7, 11) is 3.08. The number of pyridine rings is 1. The number of hydrogen-bond acceptors (Lipinski definition) is 4. The highest BCUT2D eigenvalue weighted by Gasteiger charge is 2.13. The molecule has 0 fully saturated rings. The minimum absolute atomic E-state index is 0.209. The summed E-state index contributed by atoms with van der Waals surface area (Å²) in [5.74, 6) is 1.43. The lowest BCUT2D eigenvalue weighted by Gasteiger charge is -2.08. The molecule has 0 bridgehead atoms. The topological polar surface area (TPSA) is 51.2 Å². The normalized spacial score (nSPS) is 12.7. The molecule has 6 heteroatoms. The summed E-state index contributed by atoms with van der Waals surface area (Å²) in [6, 6.07) is 7.46. The largest absolute Gasteiger partial charge is 0.480 e. The van der Waals surface area contributed by atoms with Crippen LogP contribution in [-0.2, 0) is 0 Å². The molecule has 0 saturated heterocycles. The number of methoxy groups -OCH3 is 1. The van der Waals surface area contributed by atoms with Crippen molar-refractivity contribution in [2.45, 2.75) is 6.42 Å². The fourth-order valence-corrected chi connectivity index (χ4v) is 2.95. The first-order valence-electron chi connectivity index (χ1n) is 6.78. The number of amides is 1. The second-order valence-corrected chi connectivity index (χ2v) is 6.42. The third-order valence-corrected chi connectivity index (χ3v) is 4.35. The zero-order valence-electron chi connectivity index (χ0n) is 12.4. The van der Waals surface area contributed by atoms with Crippen LogP contribution >= 0.6 is 27.7 Å². The van der Waals surface area contributed by atoms with E-state index in [1.807, 2.05) is 30.0 Å². The number of thioether (sulfide) groups is 1. The van der Waals surface area contributed by atoms with E-state index in [0.29, 0.717) is 11.4 Å². The van der Waals surface area contributed by atoms with Crippen LogP contribution in [0.1, 0.15) is 16.8 Å². The van der Waals surface area contributed by atoms with E-state index in [2.05, 4.69) is 37.7 Å². The Balaban J connectivity index is 0.000000299. The Morgan fingerprint density at radius 1 is 1.41 bits per heavy atom. The van der Waals surface area contributed by atoms with Crippen LogP contribution in [0.5, 0.6) is 5.88 Å². The SMILES string of the molecule is C1=CSCC1.CNC(=O)c1cc2ccc(Br)cc2nc1OC. The molecule has 3 rings (SSSR count). The van der Waals surface area contributed by atoms with Crippen LogP contribution in [0.15, 0.2) is 40.2 Å². The first-order chi connectivity index (χ1) is 10.7. The van der Waals surface area contributed by atoms with E-state index in [1.54, 1.807) is 13.1 Å². The summed E-state index contributed by atoms with van der Waals surface area (Å²) < 4.78 is 6.07. The van der Waals surface area contributed by atoms with Gasteiger partial charge in [-0.2, -0.15) is 0 Å². The van der Waals surface area contributed by atoms with Gasteiger partial charge in [0.15, 0.2) is 0 Å². The Labute approximate surface area is 142 Å². The van der Waals surface area contributed by atoms with Gasteiger partial charge in [0.05, 0.1) is 12.6 Å². The average Bonchev–Trinajstić information content (AvgIpc) is 3.12. The highest BCUT2D eigenvalue weighted by atomic mass is 79.9. The third-order valence-electron chi connectivity index (χ3n) is 3.00. The number of fused-ring (bicyclic) bond motifs is 1. The van der Waals surface area contributed by atoms with Crippen LogP contribution in [-0.4, -0.2) is 30.8 Å². The summed E-state index contributed by atoms with van der Waals surface area (Å²) >= 11 is 5.27. The molecule has 1 aromatic carbocycles. The Kier molecular flexibility index (Phi) is 6.27. The van der Waals surface area contributed by atoms with Crippen molar-refractivity contribution in [2.24, 2.45) is 0 Å². The van der Waals surface area contributed by atoms with Gasteiger partial charge in [-0.3, -0.25) is 4.79 Å². The van der Waals surface area contributed by atoms with Gasteiger partial charge in [-0.1, -0.05) is 28.1 Å². The van der Waals surface area contributed by atoms with Crippen LogP contribution in [0.25, 0.3) is 10.9 Å². The Morgan fingerprint density at radius 2 is 2.23 bits per heavy atom. The number of nitrogens with zero attached hydrogens (tertiary/aromatic N) is 1. The van der Waals surface area contributed by atoms with E-state index in [9.17, 15) is 4.79 Å². The van der Waals surface area contributed by atoms with Gasteiger partial charge in [0.1, 0.15) is 5.56 Å². The van der Waals surface area contributed by atoms with Crippen LogP contribution in [0, 0.1) is 0 Å². The van der Waals surface area contributed by atoms with Crippen molar-refractivity contribution in [1.29, 1.82) is 0 Å². The molecule has 0 atom stereocenters. The molecule has 1 aromatic heterocycles. The van der Waals surface area contributed by atoms with Crippen molar-refractivity contribution < 1.29 is 9.53 Å². The quantitative estimate of drug-likeness (QED) is 0.854. The van der Waals surface area contributed by atoms with Gasteiger partial charge in [0, 0.05) is 22.7 Å². The average molecular weight is 381 g/mol. The maximum atomic E-state index is 11.7. The van der Waals surface area contributed by atoms with Gasteiger partial charge in [-0.15, -0.1) is 11.8 Å². The van der Waals surface area contributed by atoms with Crippen molar-refractivity contribution in [3.8, 4) is 5.88 Å².